The Morgan fingerprint density at radius 1 is 1.00 bits per heavy atom. The third-order valence-corrected chi connectivity index (χ3v) is 4.34. The Hall–Kier alpha value is -1.68. The molecule has 1 heterocycles. The SMILES string of the molecule is Cc1cc(C)cc(-c2nc(C3(N)CCCCCC3)no2)c1. The molecule has 2 aromatic rings. The molecule has 112 valence electrons. The molecule has 0 unspecified atom stereocenters. The highest BCUT2D eigenvalue weighted by Gasteiger charge is 2.33. The second-order valence-electron chi connectivity index (χ2n) is 6.37. The summed E-state index contributed by atoms with van der Waals surface area (Å²) in [6.45, 7) is 4.15. The first-order valence-electron chi connectivity index (χ1n) is 7.79. The van der Waals surface area contributed by atoms with E-state index in [4.69, 9.17) is 10.3 Å². The molecule has 0 radical (unpaired) electrons. The van der Waals surface area contributed by atoms with Crippen LogP contribution in [0, 0.1) is 13.8 Å². The molecule has 0 amide bonds. The number of nitrogens with zero attached hydrogens (tertiary/aromatic N) is 2. The Bertz CT molecular complexity index is 604. The summed E-state index contributed by atoms with van der Waals surface area (Å²) >= 11 is 0. The predicted octanol–water partition coefficient (Wildman–Crippen LogP) is 3.86. The normalized spacial score (nSPS) is 18.4. The van der Waals surface area contributed by atoms with Gasteiger partial charge in [-0.25, -0.2) is 0 Å². The van der Waals surface area contributed by atoms with Gasteiger partial charge in [-0.1, -0.05) is 48.0 Å². The topological polar surface area (TPSA) is 64.9 Å². The van der Waals surface area contributed by atoms with Gasteiger partial charge in [-0.3, -0.25) is 0 Å². The number of benzene rings is 1. The maximum Gasteiger partial charge on any atom is 0.258 e. The van der Waals surface area contributed by atoms with Crippen LogP contribution in [0.5, 0.6) is 0 Å². The van der Waals surface area contributed by atoms with Crippen molar-refractivity contribution in [2.24, 2.45) is 5.73 Å². The van der Waals surface area contributed by atoms with Gasteiger partial charge < -0.3 is 10.3 Å². The van der Waals surface area contributed by atoms with Crippen molar-refractivity contribution >= 4 is 0 Å². The van der Waals surface area contributed by atoms with E-state index in [1.807, 2.05) is 0 Å². The fourth-order valence-corrected chi connectivity index (χ4v) is 3.22. The first-order chi connectivity index (χ1) is 10.1. The van der Waals surface area contributed by atoms with Crippen molar-refractivity contribution in [2.45, 2.75) is 57.9 Å². The molecule has 1 fully saturated rings. The minimum Gasteiger partial charge on any atom is -0.334 e. The monoisotopic (exact) mass is 285 g/mol. The summed E-state index contributed by atoms with van der Waals surface area (Å²) in [6, 6.07) is 6.28. The van der Waals surface area contributed by atoms with Crippen LogP contribution in [-0.4, -0.2) is 10.1 Å². The Kier molecular flexibility index (Phi) is 3.81. The Balaban J connectivity index is 1.92. The van der Waals surface area contributed by atoms with Gasteiger partial charge in [0.15, 0.2) is 5.82 Å². The van der Waals surface area contributed by atoms with E-state index in [0.717, 1.165) is 31.2 Å². The van der Waals surface area contributed by atoms with Crippen LogP contribution in [0.4, 0.5) is 0 Å². The molecule has 0 atom stereocenters. The van der Waals surface area contributed by atoms with Crippen molar-refractivity contribution in [1.29, 1.82) is 0 Å². The second kappa shape index (κ2) is 5.60. The number of nitrogens with two attached hydrogens (primary N) is 1. The third kappa shape index (κ3) is 3.00. The smallest absolute Gasteiger partial charge is 0.258 e. The van der Waals surface area contributed by atoms with Gasteiger partial charge in [0.05, 0.1) is 5.54 Å². The van der Waals surface area contributed by atoms with E-state index in [1.165, 1.54) is 24.0 Å². The Morgan fingerprint density at radius 2 is 1.62 bits per heavy atom. The van der Waals surface area contributed by atoms with Crippen LogP contribution >= 0.6 is 0 Å². The van der Waals surface area contributed by atoms with Crippen LogP contribution in [0.2, 0.25) is 0 Å². The number of aromatic nitrogens is 2. The van der Waals surface area contributed by atoms with E-state index in [1.54, 1.807) is 0 Å². The average molecular weight is 285 g/mol. The molecule has 0 spiro atoms. The van der Waals surface area contributed by atoms with E-state index in [2.05, 4.69) is 42.2 Å². The Labute approximate surface area is 125 Å². The standard InChI is InChI=1S/C17H23N3O/c1-12-9-13(2)11-14(10-12)15-19-16(20-21-15)17(18)7-5-3-4-6-8-17/h9-11H,3-8,18H2,1-2H3. The molecule has 0 bridgehead atoms. The van der Waals surface area contributed by atoms with Crippen molar-refractivity contribution in [3.05, 3.63) is 35.2 Å². The number of rotatable bonds is 2. The molecule has 2 N–H and O–H groups in total. The van der Waals surface area contributed by atoms with Gasteiger partial charge in [0, 0.05) is 5.56 Å². The van der Waals surface area contributed by atoms with Gasteiger partial charge in [-0.2, -0.15) is 4.98 Å². The van der Waals surface area contributed by atoms with Crippen LogP contribution in [0.1, 0.15) is 55.5 Å². The van der Waals surface area contributed by atoms with E-state index in [9.17, 15) is 0 Å². The fourth-order valence-electron chi connectivity index (χ4n) is 3.22. The molecule has 21 heavy (non-hydrogen) atoms. The molecule has 3 rings (SSSR count). The highest BCUT2D eigenvalue weighted by atomic mass is 16.5. The molecule has 1 aliphatic rings. The summed E-state index contributed by atoms with van der Waals surface area (Å²) in [4.78, 5) is 4.60. The molecule has 4 heteroatoms. The summed E-state index contributed by atoms with van der Waals surface area (Å²) in [7, 11) is 0. The van der Waals surface area contributed by atoms with Crippen molar-refractivity contribution in [2.75, 3.05) is 0 Å². The third-order valence-electron chi connectivity index (χ3n) is 4.34. The van der Waals surface area contributed by atoms with Gasteiger partial charge in [-0.05, 0) is 38.8 Å². The lowest BCUT2D eigenvalue weighted by Crippen LogP contribution is -2.37. The number of aryl methyl sites for hydroxylation is 2. The van der Waals surface area contributed by atoms with Crippen LogP contribution in [0.15, 0.2) is 22.7 Å². The predicted molar refractivity (Wildman–Crippen MR) is 82.8 cm³/mol. The second-order valence-corrected chi connectivity index (χ2v) is 6.37. The molecule has 4 nitrogen and oxygen atoms in total. The maximum atomic E-state index is 6.55. The maximum absolute atomic E-state index is 6.55. The molecule has 1 aliphatic carbocycles. The molecular formula is C17H23N3O. The summed E-state index contributed by atoms with van der Waals surface area (Å²) < 4.78 is 5.48. The van der Waals surface area contributed by atoms with Crippen LogP contribution in [-0.2, 0) is 5.54 Å². The minimum absolute atomic E-state index is 0.420. The van der Waals surface area contributed by atoms with Gasteiger partial charge in [0.1, 0.15) is 0 Å². The lowest BCUT2D eigenvalue weighted by atomic mass is 9.91. The average Bonchev–Trinajstić information content (AvgIpc) is 2.83. The fraction of sp³-hybridized carbons (Fsp3) is 0.529. The highest BCUT2D eigenvalue weighted by molar-refractivity contribution is 5.55. The van der Waals surface area contributed by atoms with E-state index >= 15 is 0 Å². The van der Waals surface area contributed by atoms with Crippen molar-refractivity contribution in [1.82, 2.24) is 10.1 Å². The Morgan fingerprint density at radius 3 is 2.24 bits per heavy atom. The first-order valence-corrected chi connectivity index (χ1v) is 7.79. The first kappa shape index (κ1) is 14.3. The summed E-state index contributed by atoms with van der Waals surface area (Å²) in [6.07, 6.45) is 6.67. The minimum atomic E-state index is -0.420. The van der Waals surface area contributed by atoms with Crippen molar-refractivity contribution < 1.29 is 4.52 Å². The lowest BCUT2D eigenvalue weighted by molar-refractivity contribution is 0.334. The van der Waals surface area contributed by atoms with Gasteiger partial charge in [-0.15, -0.1) is 0 Å². The van der Waals surface area contributed by atoms with Crippen LogP contribution in [0.3, 0.4) is 0 Å². The van der Waals surface area contributed by atoms with E-state index in [0.29, 0.717) is 11.7 Å². The van der Waals surface area contributed by atoms with Crippen molar-refractivity contribution in [3.8, 4) is 11.5 Å². The highest BCUT2D eigenvalue weighted by Crippen LogP contribution is 2.33. The summed E-state index contributed by atoms with van der Waals surface area (Å²) in [5.74, 6) is 1.24. The van der Waals surface area contributed by atoms with E-state index in [-0.39, 0.29) is 0 Å². The van der Waals surface area contributed by atoms with Crippen LogP contribution < -0.4 is 5.73 Å². The zero-order valence-electron chi connectivity index (χ0n) is 12.9. The molecule has 1 saturated carbocycles. The largest absolute Gasteiger partial charge is 0.334 e. The molecule has 1 aromatic heterocycles. The zero-order chi connectivity index (χ0) is 14.9. The molecule has 1 aromatic carbocycles. The van der Waals surface area contributed by atoms with Crippen LogP contribution in [0.25, 0.3) is 11.5 Å². The van der Waals surface area contributed by atoms with Crippen molar-refractivity contribution in [3.63, 3.8) is 0 Å². The van der Waals surface area contributed by atoms with Gasteiger partial charge in [0.2, 0.25) is 0 Å². The number of hydrogen-bond acceptors (Lipinski definition) is 4. The molecule has 0 aliphatic heterocycles. The summed E-state index contributed by atoms with van der Waals surface area (Å²) in [5.41, 5.74) is 9.49. The quantitative estimate of drug-likeness (QED) is 0.851. The zero-order valence-corrected chi connectivity index (χ0v) is 12.9. The van der Waals surface area contributed by atoms with E-state index < -0.39 is 5.54 Å². The van der Waals surface area contributed by atoms with Gasteiger partial charge in [0.25, 0.3) is 5.89 Å². The summed E-state index contributed by atoms with van der Waals surface area (Å²) in [5, 5.41) is 4.18. The molecule has 0 saturated heterocycles. The number of hydrogen-bond donors (Lipinski definition) is 1. The molecular weight excluding hydrogens is 262 g/mol. The lowest BCUT2D eigenvalue weighted by Gasteiger charge is -2.23. The van der Waals surface area contributed by atoms with Gasteiger partial charge >= 0.3 is 0 Å².